The summed E-state index contributed by atoms with van der Waals surface area (Å²) < 4.78 is 0. The van der Waals surface area contributed by atoms with Gasteiger partial charge in [0.05, 0.1) is 16.8 Å². The van der Waals surface area contributed by atoms with Crippen molar-refractivity contribution in [1.82, 2.24) is 5.32 Å². The number of hydrogen-bond acceptors (Lipinski definition) is 2. The van der Waals surface area contributed by atoms with E-state index in [-0.39, 0.29) is 24.4 Å². The maximum atomic E-state index is 12.5. The Morgan fingerprint density at radius 2 is 1.80 bits per heavy atom. The summed E-state index contributed by atoms with van der Waals surface area (Å²) in [5.74, 6) is -0.459. The van der Waals surface area contributed by atoms with E-state index in [9.17, 15) is 9.59 Å². The zero-order chi connectivity index (χ0) is 18.6. The second-order valence-corrected chi connectivity index (χ2v) is 6.62. The lowest BCUT2D eigenvalue weighted by atomic mass is 10.1. The first kappa shape index (κ1) is 19.0. The summed E-state index contributed by atoms with van der Waals surface area (Å²) in [6.45, 7) is 7.10. The summed E-state index contributed by atoms with van der Waals surface area (Å²) in [5.41, 5.74) is 3.47. The van der Waals surface area contributed by atoms with E-state index in [0.29, 0.717) is 10.7 Å². The quantitative estimate of drug-likeness (QED) is 0.871. The van der Waals surface area contributed by atoms with Crippen LogP contribution in [0, 0.1) is 13.8 Å². The minimum absolute atomic E-state index is 0.0733. The Morgan fingerprint density at radius 3 is 2.36 bits per heavy atom. The monoisotopic (exact) mass is 358 g/mol. The fraction of sp³-hybridized carbons (Fsp3) is 0.300. The van der Waals surface area contributed by atoms with Crippen LogP contribution >= 0.6 is 11.6 Å². The van der Waals surface area contributed by atoms with Gasteiger partial charge in [-0.25, -0.2) is 0 Å². The molecule has 0 aliphatic rings. The topological polar surface area (TPSA) is 49.4 Å². The number of rotatable bonds is 5. The van der Waals surface area contributed by atoms with Crippen LogP contribution in [0.4, 0.5) is 5.69 Å². The molecule has 0 fully saturated rings. The van der Waals surface area contributed by atoms with Gasteiger partial charge >= 0.3 is 0 Å². The van der Waals surface area contributed by atoms with Crippen molar-refractivity contribution in [2.24, 2.45) is 0 Å². The first-order chi connectivity index (χ1) is 11.8. The number of amides is 2. The Bertz CT molecular complexity index is 752. The van der Waals surface area contributed by atoms with Crippen LogP contribution in [0.3, 0.4) is 0 Å². The highest BCUT2D eigenvalue weighted by Gasteiger charge is 2.21. The highest BCUT2D eigenvalue weighted by molar-refractivity contribution is 6.34. The Kier molecular flexibility index (Phi) is 6.21. The number of aryl methyl sites for hydroxylation is 2. The highest BCUT2D eigenvalue weighted by atomic mass is 35.5. The molecule has 0 bridgehead atoms. The summed E-state index contributed by atoms with van der Waals surface area (Å²) >= 11 is 6.33. The fourth-order valence-electron chi connectivity index (χ4n) is 2.85. The molecular formula is C20H23ClN2O2. The molecule has 0 aliphatic carbocycles. The van der Waals surface area contributed by atoms with Crippen LogP contribution in [0.25, 0.3) is 0 Å². The van der Waals surface area contributed by atoms with Crippen LogP contribution < -0.4 is 10.2 Å². The smallest absolute Gasteiger partial charge is 0.240 e. The van der Waals surface area contributed by atoms with Gasteiger partial charge in [0.15, 0.2) is 0 Å². The van der Waals surface area contributed by atoms with Crippen LogP contribution in [-0.2, 0) is 9.59 Å². The third-order valence-electron chi connectivity index (χ3n) is 4.03. The van der Waals surface area contributed by atoms with E-state index in [1.165, 1.54) is 11.8 Å². The van der Waals surface area contributed by atoms with E-state index >= 15 is 0 Å². The summed E-state index contributed by atoms with van der Waals surface area (Å²) in [4.78, 5) is 26.0. The van der Waals surface area contributed by atoms with Crippen molar-refractivity contribution in [3.63, 3.8) is 0 Å². The Balaban J connectivity index is 2.17. The zero-order valence-corrected chi connectivity index (χ0v) is 15.7. The van der Waals surface area contributed by atoms with Gasteiger partial charge < -0.3 is 10.2 Å². The van der Waals surface area contributed by atoms with Gasteiger partial charge in [-0.3, -0.25) is 9.59 Å². The van der Waals surface area contributed by atoms with Gasteiger partial charge in [-0.1, -0.05) is 48.0 Å². The molecule has 132 valence electrons. The van der Waals surface area contributed by atoms with Gasteiger partial charge in [0.25, 0.3) is 0 Å². The molecule has 0 saturated carbocycles. The second-order valence-electron chi connectivity index (χ2n) is 6.22. The first-order valence-electron chi connectivity index (χ1n) is 8.18. The fourth-order valence-corrected chi connectivity index (χ4v) is 3.28. The van der Waals surface area contributed by atoms with E-state index in [2.05, 4.69) is 5.32 Å². The van der Waals surface area contributed by atoms with E-state index < -0.39 is 0 Å². The van der Waals surface area contributed by atoms with Gasteiger partial charge in [-0.15, -0.1) is 0 Å². The van der Waals surface area contributed by atoms with Gasteiger partial charge in [0.1, 0.15) is 6.54 Å². The predicted octanol–water partition coefficient (Wildman–Crippen LogP) is 4.19. The lowest BCUT2D eigenvalue weighted by molar-refractivity contribution is -0.123. The molecule has 0 heterocycles. The molecule has 0 spiro atoms. The molecule has 4 nitrogen and oxygen atoms in total. The molecular weight excluding hydrogens is 336 g/mol. The molecule has 2 amide bonds. The summed E-state index contributed by atoms with van der Waals surface area (Å²) in [6, 6.07) is 13.3. The second kappa shape index (κ2) is 8.17. The number of anilines is 1. The SMILES string of the molecule is CC(=O)N(CC(=O)NC(C)c1ccccc1)c1c(C)cc(C)cc1Cl. The molecule has 2 aromatic rings. The van der Waals surface area contributed by atoms with Crippen LogP contribution in [-0.4, -0.2) is 18.4 Å². The molecule has 2 rings (SSSR count). The molecule has 2 aromatic carbocycles. The van der Waals surface area contributed by atoms with Crippen molar-refractivity contribution in [3.05, 3.63) is 64.2 Å². The minimum atomic E-state index is -0.234. The lowest BCUT2D eigenvalue weighted by Crippen LogP contribution is -2.41. The predicted molar refractivity (Wildman–Crippen MR) is 102 cm³/mol. The number of hydrogen-bond donors (Lipinski definition) is 1. The van der Waals surface area contributed by atoms with Crippen LogP contribution in [0.1, 0.15) is 36.6 Å². The van der Waals surface area contributed by atoms with Crippen molar-refractivity contribution in [3.8, 4) is 0 Å². The van der Waals surface area contributed by atoms with Crippen molar-refractivity contribution in [1.29, 1.82) is 0 Å². The normalized spacial score (nSPS) is 11.7. The molecule has 5 heteroatoms. The molecule has 0 radical (unpaired) electrons. The number of benzene rings is 2. The van der Waals surface area contributed by atoms with Crippen molar-refractivity contribution >= 4 is 29.1 Å². The maximum absolute atomic E-state index is 12.5. The van der Waals surface area contributed by atoms with Crippen molar-refractivity contribution < 1.29 is 9.59 Å². The van der Waals surface area contributed by atoms with E-state index in [1.54, 1.807) is 6.07 Å². The Labute approximate surface area is 153 Å². The Morgan fingerprint density at radius 1 is 1.16 bits per heavy atom. The number of nitrogens with one attached hydrogen (secondary N) is 1. The zero-order valence-electron chi connectivity index (χ0n) is 15.0. The minimum Gasteiger partial charge on any atom is -0.348 e. The summed E-state index contributed by atoms with van der Waals surface area (Å²) in [6.07, 6.45) is 0. The van der Waals surface area contributed by atoms with Crippen molar-refractivity contribution in [2.45, 2.75) is 33.7 Å². The molecule has 1 N–H and O–H groups in total. The third-order valence-corrected chi connectivity index (χ3v) is 4.32. The molecule has 0 aliphatic heterocycles. The standard InChI is InChI=1S/C20H23ClN2O2/c1-13-10-14(2)20(18(21)11-13)23(16(4)24)12-19(25)22-15(3)17-8-6-5-7-9-17/h5-11,15H,12H2,1-4H3,(H,22,25). The van der Waals surface area contributed by atoms with Crippen LogP contribution in [0.5, 0.6) is 0 Å². The molecule has 0 aromatic heterocycles. The van der Waals surface area contributed by atoms with E-state index in [4.69, 9.17) is 11.6 Å². The van der Waals surface area contributed by atoms with Gasteiger partial charge in [-0.05, 0) is 43.5 Å². The van der Waals surface area contributed by atoms with Crippen molar-refractivity contribution in [2.75, 3.05) is 11.4 Å². The number of carbonyl (C=O) groups is 2. The highest BCUT2D eigenvalue weighted by Crippen LogP contribution is 2.31. The summed E-state index contributed by atoms with van der Waals surface area (Å²) in [5, 5.41) is 3.39. The van der Waals surface area contributed by atoms with Gasteiger partial charge in [-0.2, -0.15) is 0 Å². The Hall–Kier alpha value is -2.33. The average molecular weight is 359 g/mol. The third kappa shape index (κ3) is 4.83. The first-order valence-corrected chi connectivity index (χ1v) is 8.56. The maximum Gasteiger partial charge on any atom is 0.240 e. The van der Waals surface area contributed by atoms with Gasteiger partial charge in [0.2, 0.25) is 11.8 Å². The lowest BCUT2D eigenvalue weighted by Gasteiger charge is -2.25. The summed E-state index contributed by atoms with van der Waals surface area (Å²) in [7, 11) is 0. The molecule has 25 heavy (non-hydrogen) atoms. The largest absolute Gasteiger partial charge is 0.348 e. The van der Waals surface area contributed by atoms with E-state index in [0.717, 1.165) is 16.7 Å². The molecule has 1 unspecified atom stereocenters. The number of halogens is 1. The number of nitrogens with zero attached hydrogens (tertiary/aromatic N) is 1. The average Bonchev–Trinajstić information content (AvgIpc) is 2.53. The van der Waals surface area contributed by atoms with Crippen LogP contribution in [0.2, 0.25) is 5.02 Å². The van der Waals surface area contributed by atoms with Gasteiger partial charge in [0, 0.05) is 6.92 Å². The van der Waals surface area contributed by atoms with E-state index in [1.807, 2.05) is 57.2 Å². The van der Waals surface area contributed by atoms with Crippen LogP contribution in [0.15, 0.2) is 42.5 Å². The number of carbonyl (C=O) groups excluding carboxylic acids is 2. The molecule has 0 saturated heterocycles. The molecule has 1 atom stereocenters.